The minimum absolute atomic E-state index is 0.0810. The number of hydrogen-bond acceptors (Lipinski definition) is 6. The highest BCUT2D eigenvalue weighted by Crippen LogP contribution is 2.23. The number of anilines is 1. The molecular weight excluding hydrogens is 338 g/mol. The Kier molecular flexibility index (Phi) is 5.25. The zero-order valence-electron chi connectivity index (χ0n) is 13.9. The highest BCUT2D eigenvalue weighted by atomic mass is 32.1. The fraction of sp³-hybridized carbons (Fsp3) is 0.167. The summed E-state index contributed by atoms with van der Waals surface area (Å²) in [4.78, 5) is 16.3. The molecule has 0 aliphatic carbocycles. The number of aromatic nitrogens is 2. The van der Waals surface area contributed by atoms with Gasteiger partial charge >= 0.3 is 0 Å². The predicted octanol–water partition coefficient (Wildman–Crippen LogP) is 3.54. The van der Waals surface area contributed by atoms with Gasteiger partial charge in [0.25, 0.3) is 5.91 Å². The van der Waals surface area contributed by atoms with Crippen LogP contribution in [0.2, 0.25) is 0 Å². The maximum atomic E-state index is 12.0. The average Bonchev–Trinajstić information content (AvgIpc) is 3.09. The van der Waals surface area contributed by atoms with Crippen LogP contribution in [0.3, 0.4) is 0 Å². The first kappa shape index (κ1) is 16.9. The van der Waals surface area contributed by atoms with Crippen molar-refractivity contribution in [2.45, 2.75) is 6.92 Å². The number of rotatable bonds is 6. The number of benzene rings is 2. The third-order valence-electron chi connectivity index (χ3n) is 3.47. The predicted molar refractivity (Wildman–Crippen MR) is 97.2 cm³/mol. The van der Waals surface area contributed by atoms with Gasteiger partial charge in [-0.15, -0.1) is 0 Å². The molecule has 0 aliphatic heterocycles. The first-order valence-corrected chi connectivity index (χ1v) is 8.39. The summed E-state index contributed by atoms with van der Waals surface area (Å²) in [5.74, 6) is 1.73. The maximum Gasteiger partial charge on any atom is 0.264 e. The summed E-state index contributed by atoms with van der Waals surface area (Å²) in [6.45, 7) is 1.85. The molecule has 0 saturated heterocycles. The van der Waals surface area contributed by atoms with Crippen molar-refractivity contribution in [3.05, 3.63) is 54.1 Å². The Bertz CT molecular complexity index is 862. The third-order valence-corrected chi connectivity index (χ3v) is 4.10. The van der Waals surface area contributed by atoms with Crippen LogP contribution in [-0.2, 0) is 4.79 Å². The fourth-order valence-corrected chi connectivity index (χ4v) is 2.75. The molecule has 1 amide bonds. The van der Waals surface area contributed by atoms with Gasteiger partial charge in [0.1, 0.15) is 11.5 Å². The van der Waals surface area contributed by atoms with Crippen LogP contribution in [0.4, 0.5) is 5.13 Å². The van der Waals surface area contributed by atoms with Crippen LogP contribution in [-0.4, -0.2) is 29.0 Å². The lowest BCUT2D eigenvalue weighted by Gasteiger charge is -2.07. The van der Waals surface area contributed by atoms with Crippen molar-refractivity contribution in [3.63, 3.8) is 0 Å². The van der Waals surface area contributed by atoms with Gasteiger partial charge in [0.15, 0.2) is 12.4 Å². The van der Waals surface area contributed by atoms with Gasteiger partial charge in [0, 0.05) is 17.1 Å². The quantitative estimate of drug-likeness (QED) is 0.732. The fourth-order valence-electron chi connectivity index (χ4n) is 2.15. The molecule has 3 rings (SSSR count). The number of carbonyl (C=O) groups excluding carboxylic acids is 1. The van der Waals surface area contributed by atoms with E-state index in [1.807, 2.05) is 55.5 Å². The van der Waals surface area contributed by atoms with Crippen molar-refractivity contribution < 1.29 is 14.3 Å². The molecule has 1 aromatic heterocycles. The van der Waals surface area contributed by atoms with Gasteiger partial charge < -0.3 is 9.47 Å². The number of nitrogens with one attached hydrogen (secondary N) is 1. The zero-order chi connectivity index (χ0) is 17.6. The maximum absolute atomic E-state index is 12.0. The van der Waals surface area contributed by atoms with E-state index in [0.29, 0.717) is 16.7 Å². The Morgan fingerprint density at radius 3 is 2.64 bits per heavy atom. The van der Waals surface area contributed by atoms with Crippen molar-refractivity contribution in [2.75, 3.05) is 19.0 Å². The lowest BCUT2D eigenvalue weighted by atomic mass is 10.2. The molecule has 2 aromatic carbocycles. The number of hydrogen-bond donors (Lipinski definition) is 1. The summed E-state index contributed by atoms with van der Waals surface area (Å²) in [7, 11) is 1.61. The van der Waals surface area contributed by atoms with Gasteiger partial charge in [-0.2, -0.15) is 9.36 Å². The summed E-state index contributed by atoms with van der Waals surface area (Å²) < 4.78 is 14.9. The second-order valence-electron chi connectivity index (χ2n) is 5.25. The van der Waals surface area contributed by atoms with E-state index in [1.54, 1.807) is 7.11 Å². The largest absolute Gasteiger partial charge is 0.497 e. The average molecular weight is 355 g/mol. The minimum atomic E-state index is -0.277. The highest BCUT2D eigenvalue weighted by molar-refractivity contribution is 7.10. The molecule has 6 nitrogen and oxygen atoms in total. The van der Waals surface area contributed by atoms with E-state index in [9.17, 15) is 4.79 Å². The van der Waals surface area contributed by atoms with Crippen LogP contribution in [0.1, 0.15) is 5.56 Å². The smallest absolute Gasteiger partial charge is 0.264 e. The lowest BCUT2D eigenvalue weighted by molar-refractivity contribution is -0.118. The van der Waals surface area contributed by atoms with E-state index in [2.05, 4.69) is 14.7 Å². The van der Waals surface area contributed by atoms with E-state index in [4.69, 9.17) is 9.47 Å². The number of aryl methyl sites for hydroxylation is 1. The summed E-state index contributed by atoms with van der Waals surface area (Å²) in [5, 5.41) is 3.14. The molecular formula is C18H17N3O3S. The Hall–Kier alpha value is -2.93. The van der Waals surface area contributed by atoms with Crippen LogP contribution in [0.5, 0.6) is 11.5 Å². The van der Waals surface area contributed by atoms with Crippen LogP contribution >= 0.6 is 11.5 Å². The van der Waals surface area contributed by atoms with Crippen LogP contribution < -0.4 is 14.8 Å². The van der Waals surface area contributed by atoms with E-state index in [-0.39, 0.29) is 12.5 Å². The van der Waals surface area contributed by atoms with E-state index < -0.39 is 0 Å². The molecule has 0 saturated carbocycles. The van der Waals surface area contributed by atoms with Crippen LogP contribution in [0.25, 0.3) is 11.4 Å². The Balaban J connectivity index is 1.59. The van der Waals surface area contributed by atoms with Gasteiger partial charge in [0.2, 0.25) is 5.13 Å². The van der Waals surface area contributed by atoms with E-state index >= 15 is 0 Å². The number of nitrogens with zero attached hydrogens (tertiary/aromatic N) is 2. The van der Waals surface area contributed by atoms with Gasteiger partial charge in [-0.3, -0.25) is 10.1 Å². The molecule has 0 atom stereocenters. The monoisotopic (exact) mass is 355 g/mol. The highest BCUT2D eigenvalue weighted by Gasteiger charge is 2.11. The molecule has 0 unspecified atom stereocenters. The Labute approximate surface area is 149 Å². The molecule has 0 radical (unpaired) electrons. The van der Waals surface area contributed by atoms with Gasteiger partial charge in [-0.05, 0) is 42.8 Å². The first-order chi connectivity index (χ1) is 12.2. The van der Waals surface area contributed by atoms with Crippen LogP contribution in [0, 0.1) is 6.92 Å². The van der Waals surface area contributed by atoms with E-state index in [1.165, 1.54) is 0 Å². The normalized spacial score (nSPS) is 10.3. The summed E-state index contributed by atoms with van der Waals surface area (Å²) in [6.07, 6.45) is 0. The SMILES string of the molecule is COc1ccc(-c2nsc(NC(=O)COc3ccccc3C)n2)cc1. The Morgan fingerprint density at radius 2 is 1.92 bits per heavy atom. The molecule has 3 aromatic rings. The first-order valence-electron chi connectivity index (χ1n) is 7.62. The van der Waals surface area contributed by atoms with Gasteiger partial charge in [0.05, 0.1) is 7.11 Å². The summed E-state index contributed by atoms with van der Waals surface area (Å²) in [5.41, 5.74) is 1.83. The molecule has 1 heterocycles. The van der Waals surface area contributed by atoms with Gasteiger partial charge in [-0.25, -0.2) is 0 Å². The molecule has 128 valence electrons. The molecule has 1 N–H and O–H groups in total. The number of amides is 1. The van der Waals surface area contributed by atoms with Crippen molar-refractivity contribution in [1.29, 1.82) is 0 Å². The van der Waals surface area contributed by atoms with Crippen molar-refractivity contribution in [1.82, 2.24) is 9.36 Å². The molecule has 7 heteroatoms. The van der Waals surface area contributed by atoms with Crippen molar-refractivity contribution >= 4 is 22.6 Å². The standard InChI is InChI=1S/C18H17N3O3S/c1-12-5-3-4-6-15(12)24-11-16(22)19-18-20-17(21-25-18)13-7-9-14(23-2)10-8-13/h3-10H,11H2,1-2H3,(H,19,20,21,22). The number of methoxy groups -OCH3 is 1. The van der Waals surface area contributed by atoms with E-state index in [0.717, 1.165) is 28.4 Å². The van der Waals surface area contributed by atoms with Crippen molar-refractivity contribution in [3.8, 4) is 22.9 Å². The lowest BCUT2D eigenvalue weighted by Crippen LogP contribution is -2.20. The third kappa shape index (κ3) is 4.33. The number of para-hydroxylation sites is 1. The second-order valence-corrected chi connectivity index (χ2v) is 6.01. The van der Waals surface area contributed by atoms with Crippen LogP contribution in [0.15, 0.2) is 48.5 Å². The molecule has 0 bridgehead atoms. The number of ether oxygens (including phenoxy) is 2. The minimum Gasteiger partial charge on any atom is -0.497 e. The summed E-state index contributed by atoms with van der Waals surface area (Å²) >= 11 is 1.13. The second kappa shape index (κ2) is 7.76. The van der Waals surface area contributed by atoms with Crippen molar-refractivity contribution in [2.24, 2.45) is 0 Å². The topological polar surface area (TPSA) is 73.3 Å². The molecule has 0 spiro atoms. The zero-order valence-corrected chi connectivity index (χ0v) is 14.7. The Morgan fingerprint density at radius 1 is 1.16 bits per heavy atom. The molecule has 0 fully saturated rings. The molecule has 25 heavy (non-hydrogen) atoms. The molecule has 0 aliphatic rings. The van der Waals surface area contributed by atoms with Gasteiger partial charge in [-0.1, -0.05) is 18.2 Å². The summed E-state index contributed by atoms with van der Waals surface area (Å²) in [6, 6.07) is 15.0. The number of carbonyl (C=O) groups is 1.